The lowest BCUT2D eigenvalue weighted by molar-refractivity contribution is 0.0783. The molecule has 0 radical (unpaired) electrons. The summed E-state index contributed by atoms with van der Waals surface area (Å²) in [5.41, 5.74) is 0.814. The average molecular weight is 422 g/mol. The first kappa shape index (κ1) is 14.3. The van der Waals surface area contributed by atoms with Crippen molar-refractivity contribution >= 4 is 44.4 Å². The van der Waals surface area contributed by atoms with Crippen molar-refractivity contribution in [3.8, 4) is 0 Å². The first-order valence-corrected chi connectivity index (χ1v) is 8.10. The summed E-state index contributed by atoms with van der Waals surface area (Å²) in [6.07, 6.45) is 1.13. The molecule has 1 aromatic rings. The van der Waals surface area contributed by atoms with E-state index in [0.29, 0.717) is 11.8 Å². The van der Waals surface area contributed by atoms with Crippen LogP contribution < -0.4 is 0 Å². The molecule has 1 amide bonds. The van der Waals surface area contributed by atoms with Gasteiger partial charge in [-0.3, -0.25) is 4.79 Å². The predicted octanol–water partition coefficient (Wildman–Crippen LogP) is 4.17. The largest absolute Gasteiger partial charge is 0.338 e. The van der Waals surface area contributed by atoms with Crippen LogP contribution in [-0.4, -0.2) is 23.9 Å². The molecule has 1 saturated heterocycles. The number of carbonyl (C=O) groups is 1. The summed E-state index contributed by atoms with van der Waals surface area (Å²) in [6, 6.07) is 5.88. The van der Waals surface area contributed by atoms with Gasteiger partial charge in [-0.1, -0.05) is 29.8 Å². The lowest BCUT2D eigenvalue weighted by Gasteiger charge is -2.19. The molecular weight excluding hydrogens is 405 g/mol. The zero-order chi connectivity index (χ0) is 13.3. The Morgan fingerprint density at radius 2 is 2.22 bits per heavy atom. The third-order valence-corrected chi connectivity index (χ3v) is 5.05. The number of rotatable bonds is 2. The van der Waals surface area contributed by atoms with Crippen LogP contribution in [0.2, 0.25) is 0 Å². The van der Waals surface area contributed by atoms with Crippen LogP contribution >= 0.6 is 38.5 Å². The van der Waals surface area contributed by atoms with Crippen LogP contribution in [-0.2, 0) is 0 Å². The van der Waals surface area contributed by atoms with Crippen molar-refractivity contribution in [1.82, 2.24) is 4.90 Å². The number of carbonyl (C=O) groups excluding carboxylic acids is 1. The minimum Gasteiger partial charge on any atom is -0.338 e. The smallest absolute Gasteiger partial charge is 0.254 e. The summed E-state index contributed by atoms with van der Waals surface area (Å²) in [6.45, 7) is 6.27. The minimum absolute atomic E-state index is 0.170. The van der Waals surface area contributed by atoms with E-state index in [9.17, 15) is 4.79 Å². The third-order valence-electron chi connectivity index (χ3n) is 3.61. The highest BCUT2D eigenvalue weighted by molar-refractivity contribution is 14.1. The van der Waals surface area contributed by atoms with Crippen LogP contribution in [0.15, 0.2) is 22.7 Å². The molecule has 1 aliphatic heterocycles. The molecule has 1 aliphatic rings. The highest BCUT2D eigenvalue weighted by Crippen LogP contribution is 2.27. The standard InChI is InChI=1S/C14H17BrINO/c1-9(2)10-5-6-17(8-10)14(18)12-7-11(15)3-4-13(12)16/h3-4,7,9-10H,5-6,8H2,1-2H3. The lowest BCUT2D eigenvalue weighted by atomic mass is 9.95. The Balaban J connectivity index is 2.15. The van der Waals surface area contributed by atoms with Crippen molar-refractivity contribution in [3.63, 3.8) is 0 Å². The molecule has 4 heteroatoms. The van der Waals surface area contributed by atoms with E-state index >= 15 is 0 Å². The molecule has 0 spiro atoms. The van der Waals surface area contributed by atoms with Gasteiger partial charge in [0, 0.05) is 21.1 Å². The number of nitrogens with zero attached hydrogens (tertiary/aromatic N) is 1. The summed E-state index contributed by atoms with van der Waals surface area (Å²) in [4.78, 5) is 14.5. The summed E-state index contributed by atoms with van der Waals surface area (Å²) in [7, 11) is 0. The normalized spacial score (nSPS) is 19.6. The van der Waals surface area contributed by atoms with Gasteiger partial charge in [-0.2, -0.15) is 0 Å². The fourth-order valence-electron chi connectivity index (χ4n) is 2.35. The molecule has 1 atom stereocenters. The molecule has 1 fully saturated rings. The van der Waals surface area contributed by atoms with E-state index in [1.54, 1.807) is 0 Å². The van der Waals surface area contributed by atoms with Crippen LogP contribution in [0.1, 0.15) is 30.6 Å². The second-order valence-electron chi connectivity index (χ2n) is 5.17. The first-order chi connectivity index (χ1) is 8.49. The summed E-state index contributed by atoms with van der Waals surface area (Å²) in [5.74, 6) is 1.48. The second kappa shape index (κ2) is 5.90. The zero-order valence-corrected chi connectivity index (χ0v) is 14.4. The fourth-order valence-corrected chi connectivity index (χ4v) is 3.27. The van der Waals surface area contributed by atoms with Gasteiger partial charge in [-0.05, 0) is 59.0 Å². The average Bonchev–Trinajstić information content (AvgIpc) is 2.81. The van der Waals surface area contributed by atoms with E-state index in [-0.39, 0.29) is 5.91 Å². The molecule has 1 heterocycles. The zero-order valence-electron chi connectivity index (χ0n) is 10.6. The van der Waals surface area contributed by atoms with Gasteiger partial charge in [0.2, 0.25) is 0 Å². The van der Waals surface area contributed by atoms with Crippen LogP contribution in [0.4, 0.5) is 0 Å². The van der Waals surface area contributed by atoms with Gasteiger partial charge in [-0.15, -0.1) is 0 Å². The van der Waals surface area contributed by atoms with Crippen molar-refractivity contribution in [2.24, 2.45) is 11.8 Å². The van der Waals surface area contributed by atoms with Crippen LogP contribution in [0, 0.1) is 15.4 Å². The summed E-state index contributed by atoms with van der Waals surface area (Å²) < 4.78 is 1.99. The van der Waals surface area contributed by atoms with Crippen LogP contribution in [0.5, 0.6) is 0 Å². The van der Waals surface area contributed by atoms with Crippen molar-refractivity contribution in [3.05, 3.63) is 31.8 Å². The molecule has 0 bridgehead atoms. The Labute approximate surface area is 130 Å². The molecule has 0 aromatic heterocycles. The number of hydrogen-bond donors (Lipinski definition) is 0. The summed E-state index contributed by atoms with van der Waals surface area (Å²) in [5, 5.41) is 0. The maximum Gasteiger partial charge on any atom is 0.254 e. The molecule has 2 nitrogen and oxygen atoms in total. The van der Waals surface area contributed by atoms with Gasteiger partial charge < -0.3 is 4.90 Å². The first-order valence-electron chi connectivity index (χ1n) is 6.23. The molecule has 0 aliphatic carbocycles. The Hall–Kier alpha value is -0.100. The van der Waals surface area contributed by atoms with E-state index in [2.05, 4.69) is 52.4 Å². The highest BCUT2D eigenvalue weighted by Gasteiger charge is 2.29. The Morgan fingerprint density at radius 3 is 2.83 bits per heavy atom. The fraction of sp³-hybridized carbons (Fsp3) is 0.500. The molecule has 0 saturated carbocycles. The SMILES string of the molecule is CC(C)C1CCN(C(=O)c2cc(Br)ccc2I)C1. The van der Waals surface area contributed by atoms with Crippen molar-refractivity contribution in [2.45, 2.75) is 20.3 Å². The monoisotopic (exact) mass is 421 g/mol. The number of likely N-dealkylation sites (tertiary alicyclic amines) is 1. The van der Waals surface area contributed by atoms with Crippen LogP contribution in [0.3, 0.4) is 0 Å². The van der Waals surface area contributed by atoms with E-state index in [1.165, 1.54) is 0 Å². The molecule has 2 rings (SSSR count). The van der Waals surface area contributed by atoms with E-state index in [4.69, 9.17) is 0 Å². The number of hydrogen-bond acceptors (Lipinski definition) is 1. The van der Waals surface area contributed by atoms with Gasteiger partial charge >= 0.3 is 0 Å². The quantitative estimate of drug-likeness (QED) is 0.656. The number of halogens is 2. The molecule has 1 unspecified atom stereocenters. The van der Waals surface area contributed by atoms with Crippen molar-refractivity contribution in [2.75, 3.05) is 13.1 Å². The van der Waals surface area contributed by atoms with Gasteiger partial charge in [0.25, 0.3) is 5.91 Å². The van der Waals surface area contributed by atoms with E-state index < -0.39 is 0 Å². The number of benzene rings is 1. The third kappa shape index (κ3) is 3.07. The summed E-state index contributed by atoms with van der Waals surface area (Å²) >= 11 is 5.66. The Morgan fingerprint density at radius 1 is 1.50 bits per heavy atom. The highest BCUT2D eigenvalue weighted by atomic mass is 127. The van der Waals surface area contributed by atoms with Gasteiger partial charge in [0.15, 0.2) is 0 Å². The van der Waals surface area contributed by atoms with Crippen molar-refractivity contribution < 1.29 is 4.79 Å². The Kier molecular flexibility index (Phi) is 4.69. The van der Waals surface area contributed by atoms with Crippen LogP contribution in [0.25, 0.3) is 0 Å². The molecule has 98 valence electrons. The van der Waals surface area contributed by atoms with Gasteiger partial charge in [0.05, 0.1) is 5.56 Å². The number of amides is 1. The van der Waals surface area contributed by atoms with Gasteiger partial charge in [0.1, 0.15) is 0 Å². The molecule has 0 N–H and O–H groups in total. The lowest BCUT2D eigenvalue weighted by Crippen LogP contribution is -2.30. The van der Waals surface area contributed by atoms with E-state index in [0.717, 1.165) is 33.1 Å². The molecular formula is C14H17BrINO. The predicted molar refractivity (Wildman–Crippen MR) is 85.7 cm³/mol. The topological polar surface area (TPSA) is 20.3 Å². The second-order valence-corrected chi connectivity index (χ2v) is 7.25. The Bertz CT molecular complexity index is 461. The maximum atomic E-state index is 12.5. The molecule has 18 heavy (non-hydrogen) atoms. The minimum atomic E-state index is 0.170. The maximum absolute atomic E-state index is 12.5. The van der Waals surface area contributed by atoms with Crippen molar-refractivity contribution in [1.29, 1.82) is 0 Å². The molecule has 1 aromatic carbocycles. The van der Waals surface area contributed by atoms with E-state index in [1.807, 2.05) is 23.1 Å². The van der Waals surface area contributed by atoms with Gasteiger partial charge in [-0.25, -0.2) is 0 Å².